The van der Waals surface area contributed by atoms with Crippen molar-refractivity contribution in [2.45, 2.75) is 6.92 Å². The van der Waals surface area contributed by atoms with Crippen molar-refractivity contribution in [1.29, 1.82) is 15.8 Å². The van der Waals surface area contributed by atoms with Crippen molar-refractivity contribution in [2.24, 2.45) is 0 Å². The molecule has 0 heterocycles. The molecule has 1 rings (SSSR count). The minimum Gasteiger partial charge on any atom is -0.360 e. The Bertz CT molecular complexity index is 534. The maximum atomic E-state index is 8.76. The van der Waals surface area contributed by atoms with Gasteiger partial charge in [0.15, 0.2) is 0 Å². The van der Waals surface area contributed by atoms with Gasteiger partial charge in [-0.15, -0.1) is 0 Å². The number of nitrogens with one attached hydrogen (secondary N) is 1. The molecule has 76 valence electrons. The first-order chi connectivity index (χ1) is 7.69. The Hall–Kier alpha value is -2.77. The third-order valence-electron chi connectivity index (χ3n) is 1.83. The number of hydrogen-bond donors (Lipinski definition) is 1. The van der Waals surface area contributed by atoms with Crippen LogP contribution in [-0.4, -0.2) is 0 Å². The maximum absolute atomic E-state index is 8.76. The summed E-state index contributed by atoms with van der Waals surface area (Å²) >= 11 is 0. The molecule has 0 fully saturated rings. The summed E-state index contributed by atoms with van der Waals surface area (Å²) in [5.41, 5.74) is 2.14. The molecule has 0 aliphatic heterocycles. The number of hydrogen-bond acceptors (Lipinski definition) is 4. The predicted molar refractivity (Wildman–Crippen MR) is 58.8 cm³/mol. The van der Waals surface area contributed by atoms with Gasteiger partial charge in [-0.05, 0) is 30.7 Å². The van der Waals surface area contributed by atoms with Crippen molar-refractivity contribution in [3.8, 4) is 18.2 Å². The lowest BCUT2D eigenvalue weighted by molar-refractivity contribution is 1.40. The van der Waals surface area contributed by atoms with E-state index in [-0.39, 0.29) is 5.57 Å². The van der Waals surface area contributed by atoms with E-state index in [1.54, 1.807) is 24.3 Å². The summed E-state index contributed by atoms with van der Waals surface area (Å²) in [6, 6.07) is 10.7. The molecule has 4 nitrogen and oxygen atoms in total. The van der Waals surface area contributed by atoms with Crippen molar-refractivity contribution >= 4 is 5.69 Å². The smallest absolute Gasteiger partial charge is 0.145 e. The summed E-state index contributed by atoms with van der Waals surface area (Å²) in [4.78, 5) is 0. The molecule has 0 saturated carbocycles. The van der Waals surface area contributed by atoms with E-state index in [0.29, 0.717) is 11.3 Å². The lowest BCUT2D eigenvalue weighted by Crippen LogP contribution is -1.91. The fraction of sp³-hybridized carbons (Fsp3) is 0.0833. The SMILES string of the molecule is Cc1cc(C#N)cc(NC=C(C#N)C#N)c1. The minimum absolute atomic E-state index is 0.0139. The topological polar surface area (TPSA) is 83.4 Å². The van der Waals surface area contributed by atoms with Crippen molar-refractivity contribution < 1.29 is 0 Å². The highest BCUT2D eigenvalue weighted by molar-refractivity contribution is 5.55. The van der Waals surface area contributed by atoms with E-state index in [1.807, 2.05) is 19.1 Å². The van der Waals surface area contributed by atoms with Gasteiger partial charge in [0.2, 0.25) is 0 Å². The monoisotopic (exact) mass is 208 g/mol. The summed E-state index contributed by atoms with van der Waals surface area (Å²) in [6.07, 6.45) is 1.32. The van der Waals surface area contributed by atoms with Gasteiger partial charge in [-0.3, -0.25) is 0 Å². The number of rotatable bonds is 2. The van der Waals surface area contributed by atoms with E-state index < -0.39 is 0 Å². The van der Waals surface area contributed by atoms with Crippen LogP contribution in [0.5, 0.6) is 0 Å². The van der Waals surface area contributed by atoms with Gasteiger partial charge < -0.3 is 5.32 Å². The number of allylic oxidation sites excluding steroid dienone is 1. The van der Waals surface area contributed by atoms with Crippen LogP contribution in [0.15, 0.2) is 30.0 Å². The first kappa shape index (κ1) is 11.3. The summed E-state index contributed by atoms with van der Waals surface area (Å²) in [7, 11) is 0. The molecule has 0 aliphatic carbocycles. The number of aryl methyl sites for hydroxylation is 1. The second-order valence-corrected chi connectivity index (χ2v) is 3.13. The molecular weight excluding hydrogens is 200 g/mol. The first-order valence-corrected chi connectivity index (χ1v) is 4.48. The molecule has 0 bridgehead atoms. The average molecular weight is 208 g/mol. The molecular formula is C12H8N4. The standard InChI is InChI=1S/C12H8N4/c1-9-2-10(5-13)4-12(3-9)16-8-11(6-14)7-15/h2-4,8,16H,1H3. The van der Waals surface area contributed by atoms with Crippen LogP contribution in [0.1, 0.15) is 11.1 Å². The second kappa shape index (κ2) is 5.20. The van der Waals surface area contributed by atoms with Crippen molar-refractivity contribution in [3.05, 3.63) is 41.1 Å². The van der Waals surface area contributed by atoms with Gasteiger partial charge in [-0.25, -0.2) is 0 Å². The highest BCUT2D eigenvalue weighted by Crippen LogP contribution is 2.14. The van der Waals surface area contributed by atoms with Gasteiger partial charge in [0.05, 0.1) is 11.6 Å². The fourth-order valence-corrected chi connectivity index (χ4v) is 1.18. The minimum atomic E-state index is -0.0139. The van der Waals surface area contributed by atoms with E-state index in [1.165, 1.54) is 6.20 Å². The maximum Gasteiger partial charge on any atom is 0.145 e. The van der Waals surface area contributed by atoms with E-state index in [2.05, 4.69) is 5.32 Å². The third kappa shape index (κ3) is 2.87. The Kier molecular flexibility index (Phi) is 3.67. The number of benzene rings is 1. The van der Waals surface area contributed by atoms with Crippen LogP contribution in [0.4, 0.5) is 5.69 Å². The summed E-state index contributed by atoms with van der Waals surface area (Å²) in [5, 5.41) is 28.6. The zero-order valence-corrected chi connectivity index (χ0v) is 8.65. The molecule has 0 spiro atoms. The van der Waals surface area contributed by atoms with Gasteiger partial charge in [0, 0.05) is 11.9 Å². The normalized spacial score (nSPS) is 8.12. The molecule has 0 radical (unpaired) electrons. The molecule has 0 amide bonds. The highest BCUT2D eigenvalue weighted by atomic mass is 14.8. The van der Waals surface area contributed by atoms with Gasteiger partial charge in [-0.1, -0.05) is 0 Å². The van der Waals surface area contributed by atoms with Gasteiger partial charge in [0.25, 0.3) is 0 Å². The second-order valence-electron chi connectivity index (χ2n) is 3.13. The fourth-order valence-electron chi connectivity index (χ4n) is 1.18. The van der Waals surface area contributed by atoms with Gasteiger partial charge in [0.1, 0.15) is 17.7 Å². The van der Waals surface area contributed by atoms with Crippen LogP contribution in [0.3, 0.4) is 0 Å². The van der Waals surface area contributed by atoms with Crippen molar-refractivity contribution in [2.75, 3.05) is 5.32 Å². The number of nitrogens with zero attached hydrogens (tertiary/aromatic N) is 3. The Morgan fingerprint density at radius 3 is 2.44 bits per heavy atom. The Morgan fingerprint density at radius 1 is 1.19 bits per heavy atom. The van der Waals surface area contributed by atoms with Crippen molar-refractivity contribution in [3.63, 3.8) is 0 Å². The van der Waals surface area contributed by atoms with Crippen LogP contribution in [0.2, 0.25) is 0 Å². The summed E-state index contributed by atoms with van der Waals surface area (Å²) in [5.74, 6) is 0. The van der Waals surface area contributed by atoms with E-state index in [9.17, 15) is 0 Å². The van der Waals surface area contributed by atoms with Crippen LogP contribution in [0.25, 0.3) is 0 Å². The molecule has 0 saturated heterocycles. The molecule has 1 N–H and O–H groups in total. The molecule has 1 aromatic carbocycles. The molecule has 0 aliphatic rings. The lowest BCUT2D eigenvalue weighted by atomic mass is 10.1. The van der Waals surface area contributed by atoms with Gasteiger partial charge in [-0.2, -0.15) is 15.8 Å². The van der Waals surface area contributed by atoms with Crippen LogP contribution >= 0.6 is 0 Å². The highest BCUT2D eigenvalue weighted by Gasteiger charge is 1.97. The molecule has 0 atom stereocenters. The quantitative estimate of drug-likeness (QED) is 0.755. The Morgan fingerprint density at radius 2 is 1.88 bits per heavy atom. The zero-order chi connectivity index (χ0) is 12.0. The van der Waals surface area contributed by atoms with Crippen LogP contribution < -0.4 is 5.32 Å². The van der Waals surface area contributed by atoms with E-state index >= 15 is 0 Å². The van der Waals surface area contributed by atoms with E-state index in [4.69, 9.17) is 15.8 Å². The van der Waals surface area contributed by atoms with Crippen LogP contribution in [0, 0.1) is 40.9 Å². The van der Waals surface area contributed by atoms with Gasteiger partial charge >= 0.3 is 0 Å². The molecule has 0 unspecified atom stereocenters. The summed E-state index contributed by atoms with van der Waals surface area (Å²) in [6.45, 7) is 1.87. The summed E-state index contributed by atoms with van der Waals surface area (Å²) < 4.78 is 0. The molecule has 1 aromatic rings. The Labute approximate surface area is 93.7 Å². The molecule has 0 aromatic heterocycles. The molecule has 4 heteroatoms. The number of anilines is 1. The average Bonchev–Trinajstić information content (AvgIpc) is 2.29. The third-order valence-corrected chi connectivity index (χ3v) is 1.83. The predicted octanol–water partition coefficient (Wildman–Crippen LogP) is 2.21. The zero-order valence-electron chi connectivity index (χ0n) is 8.65. The molecule has 16 heavy (non-hydrogen) atoms. The number of nitriles is 3. The lowest BCUT2D eigenvalue weighted by Gasteiger charge is -2.02. The van der Waals surface area contributed by atoms with Crippen molar-refractivity contribution in [1.82, 2.24) is 0 Å². The van der Waals surface area contributed by atoms with Crippen LogP contribution in [-0.2, 0) is 0 Å². The Balaban J connectivity index is 2.97. The van der Waals surface area contributed by atoms with E-state index in [0.717, 1.165) is 5.56 Å². The largest absolute Gasteiger partial charge is 0.360 e. The first-order valence-electron chi connectivity index (χ1n) is 4.48.